The summed E-state index contributed by atoms with van der Waals surface area (Å²) in [5.74, 6) is -0.0229. The normalized spacial score (nSPS) is 9.50. The van der Waals surface area contributed by atoms with Crippen LogP contribution in [0.2, 0.25) is 0 Å². The van der Waals surface area contributed by atoms with Gasteiger partial charge in [-0.25, -0.2) is 4.98 Å². The minimum atomic E-state index is -0.170. The summed E-state index contributed by atoms with van der Waals surface area (Å²) >= 11 is 1.37. The molecule has 1 radical (unpaired) electrons. The Balaban J connectivity index is 0.00000128. The first-order valence-electron chi connectivity index (χ1n) is 7.40. The van der Waals surface area contributed by atoms with Crippen LogP contribution < -0.4 is 5.56 Å². The largest absolute Gasteiger partial charge is 0.505 e. The molecule has 0 amide bonds. The van der Waals surface area contributed by atoms with Crippen molar-refractivity contribution in [2.75, 3.05) is 0 Å². The molecular formula is C18H23N2O2SY-. The van der Waals surface area contributed by atoms with Gasteiger partial charge in [0.15, 0.2) is 5.75 Å². The van der Waals surface area contributed by atoms with Crippen LogP contribution >= 0.6 is 11.3 Å². The molecule has 0 saturated carbocycles. The first kappa shape index (κ1) is 23.0. The molecule has 0 bridgehead atoms. The van der Waals surface area contributed by atoms with Gasteiger partial charge in [-0.1, -0.05) is 38.1 Å². The van der Waals surface area contributed by atoms with Gasteiger partial charge >= 0.3 is 0 Å². The third kappa shape index (κ3) is 3.95. The van der Waals surface area contributed by atoms with Crippen molar-refractivity contribution in [3.8, 4) is 16.9 Å². The van der Waals surface area contributed by atoms with E-state index in [4.69, 9.17) is 0 Å². The predicted molar refractivity (Wildman–Crippen MR) is 99.2 cm³/mol. The standard InChI is InChI=1S/C15H14N2O2S.C2H6.CH3.Y/c1-3-17-14(19)11(10-7-5-4-6-9(10)2)13(18)12-15(17)20-8-16-12;1-2;;/h4-8,18H,3H2,1-2H3;1-2H3;1H3;/q;;-1;. The number of aryl methyl sites for hydroxylation is 2. The third-order valence-corrected chi connectivity index (χ3v) is 4.29. The number of aromatic nitrogens is 2. The Labute approximate surface area is 172 Å². The third-order valence-electron chi connectivity index (χ3n) is 3.44. The Kier molecular flexibility index (Phi) is 9.63. The van der Waals surface area contributed by atoms with Crippen LogP contribution in [0.15, 0.2) is 34.6 Å². The number of benzene rings is 1. The van der Waals surface area contributed by atoms with Gasteiger partial charge in [-0.3, -0.25) is 9.36 Å². The van der Waals surface area contributed by atoms with Crippen LogP contribution in [0.25, 0.3) is 21.5 Å². The van der Waals surface area contributed by atoms with Crippen molar-refractivity contribution in [1.82, 2.24) is 9.55 Å². The summed E-state index contributed by atoms with van der Waals surface area (Å²) in [7, 11) is 0. The van der Waals surface area contributed by atoms with Crippen LogP contribution in [0.5, 0.6) is 5.75 Å². The molecule has 0 aliphatic heterocycles. The van der Waals surface area contributed by atoms with E-state index in [2.05, 4.69) is 4.98 Å². The molecule has 0 unspecified atom stereocenters. The maximum absolute atomic E-state index is 12.7. The molecule has 4 nitrogen and oxygen atoms in total. The average Bonchev–Trinajstić information content (AvgIpc) is 3.01. The summed E-state index contributed by atoms with van der Waals surface area (Å²) in [5.41, 5.74) is 4.02. The van der Waals surface area contributed by atoms with E-state index in [9.17, 15) is 9.90 Å². The molecule has 2 aromatic heterocycles. The summed E-state index contributed by atoms with van der Waals surface area (Å²) in [6.07, 6.45) is 0. The number of fused-ring (bicyclic) bond motifs is 1. The van der Waals surface area contributed by atoms with Crippen LogP contribution in [0.3, 0.4) is 0 Å². The van der Waals surface area contributed by atoms with Crippen molar-refractivity contribution in [2.24, 2.45) is 0 Å². The number of nitrogens with zero attached hydrogens (tertiary/aromatic N) is 2. The van der Waals surface area contributed by atoms with Gasteiger partial charge in [0, 0.05) is 39.3 Å². The quantitative estimate of drug-likeness (QED) is 0.615. The van der Waals surface area contributed by atoms with Crippen LogP contribution in [0, 0.1) is 14.4 Å². The Morgan fingerprint density at radius 1 is 1.25 bits per heavy atom. The fraction of sp³-hybridized carbons (Fsp3) is 0.278. The fourth-order valence-electron chi connectivity index (χ4n) is 2.42. The SMILES string of the molecule is CC.CCn1c(=O)c(-c2ccccc2C)c(O)c2ncsc21.[CH3-].[Y]. The molecule has 1 N–H and O–H groups in total. The van der Waals surface area contributed by atoms with Gasteiger partial charge in [-0.2, -0.15) is 0 Å². The Morgan fingerprint density at radius 3 is 2.46 bits per heavy atom. The Bertz CT molecular complexity index is 856. The molecule has 24 heavy (non-hydrogen) atoms. The monoisotopic (exact) mass is 420 g/mol. The van der Waals surface area contributed by atoms with E-state index in [1.165, 1.54) is 11.3 Å². The zero-order chi connectivity index (χ0) is 16.3. The fourth-order valence-corrected chi connectivity index (χ4v) is 3.28. The van der Waals surface area contributed by atoms with E-state index in [1.807, 2.05) is 52.0 Å². The average molecular weight is 420 g/mol. The molecule has 127 valence electrons. The van der Waals surface area contributed by atoms with E-state index in [1.54, 1.807) is 10.1 Å². The first-order valence-corrected chi connectivity index (χ1v) is 8.28. The van der Waals surface area contributed by atoms with E-state index < -0.39 is 0 Å². The molecular weight excluding hydrogens is 397 g/mol. The number of hydrogen-bond donors (Lipinski definition) is 1. The second kappa shape index (κ2) is 10.1. The van der Waals surface area contributed by atoms with Crippen molar-refractivity contribution in [3.05, 3.63) is 53.1 Å². The maximum Gasteiger partial charge on any atom is 0.263 e. The van der Waals surface area contributed by atoms with Gasteiger partial charge in [0.25, 0.3) is 5.56 Å². The van der Waals surface area contributed by atoms with Gasteiger partial charge in [0.1, 0.15) is 10.3 Å². The maximum atomic E-state index is 12.7. The van der Waals surface area contributed by atoms with Gasteiger partial charge in [-0.05, 0) is 25.0 Å². The molecule has 3 aromatic rings. The molecule has 2 heterocycles. The molecule has 1 aromatic carbocycles. The first-order chi connectivity index (χ1) is 10.6. The van der Waals surface area contributed by atoms with Gasteiger partial charge in [-0.15, -0.1) is 11.3 Å². The van der Waals surface area contributed by atoms with Gasteiger partial charge < -0.3 is 12.5 Å². The Hall–Kier alpha value is -1.04. The summed E-state index contributed by atoms with van der Waals surface area (Å²) in [6.45, 7) is 8.39. The molecule has 0 atom stereocenters. The molecule has 0 saturated heterocycles. The zero-order valence-electron chi connectivity index (χ0n) is 14.8. The molecule has 0 aliphatic rings. The second-order valence-corrected chi connectivity index (χ2v) is 5.43. The summed E-state index contributed by atoms with van der Waals surface area (Å²) in [6, 6.07) is 7.55. The van der Waals surface area contributed by atoms with Crippen LogP contribution in [-0.4, -0.2) is 14.7 Å². The minimum absolute atomic E-state index is 0. The van der Waals surface area contributed by atoms with E-state index in [0.717, 1.165) is 11.1 Å². The zero-order valence-corrected chi connectivity index (χ0v) is 18.5. The van der Waals surface area contributed by atoms with Crippen molar-refractivity contribution < 1.29 is 37.8 Å². The summed E-state index contributed by atoms with van der Waals surface area (Å²) < 4.78 is 1.66. The van der Waals surface area contributed by atoms with Crippen molar-refractivity contribution in [3.63, 3.8) is 0 Å². The van der Waals surface area contributed by atoms with Crippen molar-refractivity contribution in [2.45, 2.75) is 34.2 Å². The molecule has 6 heteroatoms. The number of pyridine rings is 1. The van der Waals surface area contributed by atoms with Crippen LogP contribution in [0.1, 0.15) is 26.3 Å². The second-order valence-electron chi connectivity index (χ2n) is 4.59. The van der Waals surface area contributed by atoms with Crippen molar-refractivity contribution >= 4 is 21.7 Å². The number of hydrogen-bond acceptors (Lipinski definition) is 4. The summed E-state index contributed by atoms with van der Waals surface area (Å²) in [5, 5.41) is 10.4. The number of rotatable bonds is 2. The summed E-state index contributed by atoms with van der Waals surface area (Å²) in [4.78, 5) is 17.6. The van der Waals surface area contributed by atoms with Gasteiger partial charge in [0.2, 0.25) is 0 Å². The van der Waals surface area contributed by atoms with Crippen LogP contribution in [-0.2, 0) is 39.3 Å². The number of aromatic hydroxyl groups is 1. The molecule has 3 rings (SSSR count). The smallest absolute Gasteiger partial charge is 0.263 e. The molecule has 0 fully saturated rings. The Morgan fingerprint density at radius 2 is 1.88 bits per heavy atom. The topological polar surface area (TPSA) is 55.1 Å². The number of thiazole rings is 1. The molecule has 0 spiro atoms. The van der Waals surface area contributed by atoms with E-state index in [-0.39, 0.29) is 51.4 Å². The van der Waals surface area contributed by atoms with Crippen molar-refractivity contribution in [1.29, 1.82) is 0 Å². The van der Waals surface area contributed by atoms with Crippen LogP contribution in [0.4, 0.5) is 0 Å². The minimum Gasteiger partial charge on any atom is -0.505 e. The van der Waals surface area contributed by atoms with Gasteiger partial charge in [0.05, 0.1) is 11.1 Å². The molecule has 0 aliphatic carbocycles. The predicted octanol–water partition coefficient (Wildman–Crippen LogP) is 4.63. The van der Waals surface area contributed by atoms with E-state index in [0.29, 0.717) is 22.5 Å². The van der Waals surface area contributed by atoms with E-state index >= 15 is 0 Å².